The molecule has 0 aromatic carbocycles. The molecule has 0 aromatic rings. The van der Waals surface area contributed by atoms with Gasteiger partial charge in [0.25, 0.3) is 0 Å². The Labute approximate surface area is 153 Å². The van der Waals surface area contributed by atoms with E-state index in [2.05, 4.69) is 13.3 Å². The van der Waals surface area contributed by atoms with Crippen molar-refractivity contribution in [2.24, 2.45) is 5.92 Å². The van der Waals surface area contributed by atoms with Gasteiger partial charge in [-0.1, -0.05) is 38.5 Å². The average molecular weight is 439 g/mol. The third-order valence-corrected chi connectivity index (χ3v) is 3.57. The zero-order valence-corrected chi connectivity index (χ0v) is 17.0. The molecule has 2 nitrogen and oxygen atoms in total. The summed E-state index contributed by atoms with van der Waals surface area (Å²) in [4.78, 5) is 11.4. The molecule has 1 fully saturated rings. The van der Waals surface area contributed by atoms with Crippen LogP contribution in [0.1, 0.15) is 70.6 Å². The number of esters is 1. The second-order valence-corrected chi connectivity index (χ2v) is 8.06. The molecular weight excluding hydrogens is 408 g/mol. The molecule has 0 bridgehead atoms. The van der Waals surface area contributed by atoms with E-state index in [9.17, 15) is 4.79 Å². The molecule has 0 spiro atoms. The van der Waals surface area contributed by atoms with E-state index < -0.39 is 0 Å². The summed E-state index contributed by atoms with van der Waals surface area (Å²) >= 11 is -0.346. The van der Waals surface area contributed by atoms with Gasteiger partial charge in [0.15, 0.2) is 0 Å². The monoisotopic (exact) mass is 439 g/mol. The first-order valence-corrected chi connectivity index (χ1v) is 12.4. The molecule has 0 aliphatic carbocycles. The Kier molecular flexibility index (Phi) is 22.3. The van der Waals surface area contributed by atoms with Gasteiger partial charge in [-0.2, -0.15) is 6.42 Å². The van der Waals surface area contributed by atoms with Crippen LogP contribution in [-0.2, 0) is 24.7 Å². The maximum absolute atomic E-state index is 11.4. The van der Waals surface area contributed by atoms with E-state index in [1.807, 2.05) is 0 Å². The molecule has 0 N–H and O–H groups in total. The van der Waals surface area contributed by atoms with Crippen LogP contribution in [0.4, 0.5) is 0 Å². The zero-order chi connectivity index (χ0) is 15.8. The molecule has 0 saturated carbocycles. The SMILES string of the molecule is [CH2-][C@H]1[CH-]CCCCC(=O)OCCCCCCCC1.[CH3-].[Cl][Ru][Cl]. The Morgan fingerprint density at radius 3 is 2.32 bits per heavy atom. The normalized spacial score (nSPS) is 22.7. The third-order valence-electron chi connectivity index (χ3n) is 3.57. The van der Waals surface area contributed by atoms with E-state index in [0.29, 0.717) is 18.9 Å². The van der Waals surface area contributed by atoms with E-state index in [-0.39, 0.29) is 28.5 Å². The fraction of sp³-hybridized carbons (Fsp3) is 0.765. The number of carbonyl (C=O) groups is 1. The van der Waals surface area contributed by atoms with Gasteiger partial charge in [-0.05, 0) is 12.8 Å². The molecule has 1 aliphatic heterocycles. The standard InChI is InChI=1S/C16H28O2.CH3.2ClH.Ru/c1-15-11-7-4-2-3-5-10-14-18-16(17)13-9-6-8-12-15;;;;/h12,15H,1-11,13-14H2;1H3;2*1H;/q-2;-1;;;+2/p-2/t15-;;;;/m1..../s1. The van der Waals surface area contributed by atoms with Gasteiger partial charge < -0.3 is 31.4 Å². The second kappa shape index (κ2) is 19.7. The molecule has 1 atom stereocenters. The van der Waals surface area contributed by atoms with Crippen LogP contribution >= 0.6 is 19.4 Å². The van der Waals surface area contributed by atoms with Gasteiger partial charge in [-0.25, -0.2) is 0 Å². The van der Waals surface area contributed by atoms with Crippen molar-refractivity contribution in [3.05, 3.63) is 20.8 Å². The van der Waals surface area contributed by atoms with Crippen LogP contribution in [0.25, 0.3) is 0 Å². The molecule has 1 saturated heterocycles. The molecule has 0 aromatic heterocycles. The number of hydrogen-bond acceptors (Lipinski definition) is 2. The van der Waals surface area contributed by atoms with Gasteiger partial charge in [0, 0.05) is 6.42 Å². The Morgan fingerprint density at radius 2 is 1.64 bits per heavy atom. The van der Waals surface area contributed by atoms with Crippen LogP contribution in [0, 0.1) is 26.7 Å². The maximum atomic E-state index is 11.4. The molecule has 1 heterocycles. The minimum absolute atomic E-state index is 0. The Hall–Kier alpha value is 0.673. The minimum atomic E-state index is -0.346. The first kappa shape index (κ1) is 24.9. The average Bonchev–Trinajstić information content (AvgIpc) is 2.45. The molecule has 5 heteroatoms. The number of carbonyl (C=O) groups excluding carboxylic acids is 1. The zero-order valence-electron chi connectivity index (χ0n) is 13.8. The second-order valence-electron chi connectivity index (χ2n) is 5.42. The van der Waals surface area contributed by atoms with Crippen LogP contribution < -0.4 is 0 Å². The van der Waals surface area contributed by atoms with Crippen molar-refractivity contribution in [1.29, 1.82) is 0 Å². The number of ether oxygens (including phenoxy) is 1. The summed E-state index contributed by atoms with van der Waals surface area (Å²) in [6.45, 7) is 4.79. The van der Waals surface area contributed by atoms with E-state index in [1.165, 1.54) is 38.5 Å². The predicted octanol–water partition coefficient (Wildman–Crippen LogP) is 6.32. The molecule has 1 rings (SSSR count). The molecule has 136 valence electrons. The van der Waals surface area contributed by atoms with Crippen molar-refractivity contribution in [3.8, 4) is 0 Å². The first-order valence-electron chi connectivity index (χ1n) is 7.88. The molecule has 1 aliphatic rings. The van der Waals surface area contributed by atoms with Gasteiger partial charge in [0.2, 0.25) is 0 Å². The van der Waals surface area contributed by atoms with E-state index in [0.717, 1.165) is 25.7 Å². The first-order chi connectivity index (χ1) is 10.2. The summed E-state index contributed by atoms with van der Waals surface area (Å²) in [5, 5.41) is 0. The summed E-state index contributed by atoms with van der Waals surface area (Å²) in [6.07, 6.45) is 14.6. The fourth-order valence-corrected chi connectivity index (χ4v) is 2.36. The third kappa shape index (κ3) is 18.7. The predicted molar refractivity (Wildman–Crippen MR) is 93.0 cm³/mol. The van der Waals surface area contributed by atoms with Gasteiger partial charge >= 0.3 is 40.5 Å². The van der Waals surface area contributed by atoms with Crippen molar-refractivity contribution >= 4 is 25.4 Å². The van der Waals surface area contributed by atoms with Crippen molar-refractivity contribution in [1.82, 2.24) is 0 Å². The van der Waals surface area contributed by atoms with Crippen molar-refractivity contribution in [3.63, 3.8) is 0 Å². The molecule has 0 unspecified atom stereocenters. The van der Waals surface area contributed by atoms with Crippen LogP contribution in [0.5, 0.6) is 0 Å². The topological polar surface area (TPSA) is 26.3 Å². The van der Waals surface area contributed by atoms with E-state index >= 15 is 0 Å². The van der Waals surface area contributed by atoms with Crippen LogP contribution in [-0.4, -0.2) is 12.6 Å². The molecular formula is C17H31Cl2O2Ru-3. The Morgan fingerprint density at radius 1 is 1.05 bits per heavy atom. The van der Waals surface area contributed by atoms with Crippen LogP contribution in [0.15, 0.2) is 0 Å². The fourth-order valence-electron chi connectivity index (χ4n) is 2.36. The molecule has 0 amide bonds. The number of rotatable bonds is 0. The van der Waals surface area contributed by atoms with Gasteiger partial charge in [0.1, 0.15) is 0 Å². The van der Waals surface area contributed by atoms with Gasteiger partial charge in [-0.15, -0.1) is 6.42 Å². The van der Waals surface area contributed by atoms with Crippen molar-refractivity contribution < 1.29 is 24.7 Å². The summed E-state index contributed by atoms with van der Waals surface area (Å²) in [6, 6.07) is 0. The summed E-state index contributed by atoms with van der Waals surface area (Å²) < 4.78 is 5.20. The van der Waals surface area contributed by atoms with Gasteiger partial charge in [0.05, 0.1) is 6.61 Å². The summed E-state index contributed by atoms with van der Waals surface area (Å²) in [7, 11) is 9.71. The summed E-state index contributed by atoms with van der Waals surface area (Å²) in [5.41, 5.74) is 0. The van der Waals surface area contributed by atoms with E-state index in [1.54, 1.807) is 0 Å². The van der Waals surface area contributed by atoms with Gasteiger partial charge in [-0.3, -0.25) is 4.79 Å². The summed E-state index contributed by atoms with van der Waals surface area (Å²) in [5.74, 6) is 0.470. The Bertz CT molecular complexity index is 241. The molecule has 0 radical (unpaired) electrons. The number of hydrogen-bond donors (Lipinski definition) is 0. The van der Waals surface area contributed by atoms with Crippen molar-refractivity contribution in [2.75, 3.05) is 6.61 Å². The Balaban J connectivity index is 0. The van der Waals surface area contributed by atoms with Crippen LogP contribution in [0.2, 0.25) is 0 Å². The number of cyclic esters (lactones) is 1. The number of halogens is 2. The quantitative estimate of drug-likeness (QED) is 0.251. The molecule has 22 heavy (non-hydrogen) atoms. The van der Waals surface area contributed by atoms with E-state index in [4.69, 9.17) is 24.1 Å². The van der Waals surface area contributed by atoms with Crippen molar-refractivity contribution in [2.45, 2.75) is 70.6 Å². The van der Waals surface area contributed by atoms with Crippen LogP contribution in [0.3, 0.4) is 0 Å².